The van der Waals surface area contributed by atoms with Crippen LogP contribution in [0.2, 0.25) is 0 Å². The normalized spacial score (nSPS) is 10.8. The molecule has 0 radical (unpaired) electrons. The van der Waals surface area contributed by atoms with Crippen molar-refractivity contribution in [1.29, 1.82) is 0 Å². The third-order valence-electron chi connectivity index (χ3n) is 4.33. The van der Waals surface area contributed by atoms with Gasteiger partial charge in [-0.25, -0.2) is 0 Å². The van der Waals surface area contributed by atoms with Crippen LogP contribution in [0.3, 0.4) is 0 Å². The van der Waals surface area contributed by atoms with E-state index in [4.69, 9.17) is 0 Å². The zero-order valence-corrected chi connectivity index (χ0v) is 14.1. The lowest BCUT2D eigenvalue weighted by molar-refractivity contribution is 1.05. The number of anilines is 1. The lowest BCUT2D eigenvalue weighted by Gasteiger charge is -2.12. The summed E-state index contributed by atoms with van der Waals surface area (Å²) in [5.74, 6) is 0. The van der Waals surface area contributed by atoms with E-state index in [1.807, 2.05) is 12.1 Å². The molecule has 0 bridgehead atoms. The van der Waals surface area contributed by atoms with Gasteiger partial charge in [0.15, 0.2) is 0 Å². The van der Waals surface area contributed by atoms with Crippen molar-refractivity contribution in [2.24, 2.45) is 0 Å². The van der Waals surface area contributed by atoms with Crippen LogP contribution in [0.5, 0.6) is 0 Å². The molecule has 0 unspecified atom stereocenters. The van der Waals surface area contributed by atoms with E-state index in [9.17, 15) is 0 Å². The molecule has 0 saturated carbocycles. The number of aromatic nitrogens is 2. The van der Waals surface area contributed by atoms with Crippen LogP contribution in [0.25, 0.3) is 22.3 Å². The summed E-state index contributed by atoms with van der Waals surface area (Å²) in [6.45, 7) is 6.23. The maximum Gasteiger partial charge on any atom is 0.0531 e. The first-order valence-electron chi connectivity index (χ1n) is 8.26. The Morgan fingerprint density at radius 3 is 2.56 bits per heavy atom. The average Bonchev–Trinajstić information content (AvgIpc) is 2.99. The first-order valence-corrected chi connectivity index (χ1v) is 8.26. The number of rotatable bonds is 4. The van der Waals surface area contributed by atoms with Crippen LogP contribution < -0.4 is 5.32 Å². The Morgan fingerprint density at radius 1 is 1.00 bits per heavy atom. The molecule has 0 aliphatic carbocycles. The number of fused-ring (bicyclic) bond motifs is 1. The van der Waals surface area contributed by atoms with Gasteiger partial charge in [-0.2, -0.15) is 0 Å². The molecule has 2 heterocycles. The van der Waals surface area contributed by atoms with Crippen molar-refractivity contribution in [3.8, 4) is 5.69 Å². The van der Waals surface area contributed by atoms with E-state index in [0.717, 1.165) is 22.6 Å². The zero-order valence-electron chi connectivity index (χ0n) is 14.1. The fourth-order valence-electron chi connectivity index (χ4n) is 3.12. The van der Waals surface area contributed by atoms with Crippen molar-refractivity contribution < 1.29 is 0 Å². The van der Waals surface area contributed by atoms with Crippen LogP contribution in [0, 0.1) is 6.92 Å². The number of pyridine rings is 1. The van der Waals surface area contributed by atoms with Crippen molar-refractivity contribution >= 4 is 22.3 Å². The number of para-hydroxylation sites is 1. The Bertz CT molecular complexity index is 1030. The molecule has 0 spiro atoms. The predicted octanol–water partition coefficient (Wildman–Crippen LogP) is 5.42. The molecule has 25 heavy (non-hydrogen) atoms. The van der Waals surface area contributed by atoms with Crippen LogP contribution in [0.15, 0.2) is 85.7 Å². The lowest BCUT2D eigenvalue weighted by Crippen LogP contribution is -1.99. The Hall–Kier alpha value is -3.33. The highest BCUT2D eigenvalue weighted by atomic mass is 15.0. The molecule has 0 atom stereocenters. The molecular formula is C22H19N3. The van der Waals surface area contributed by atoms with Gasteiger partial charge in [0.1, 0.15) is 0 Å². The topological polar surface area (TPSA) is 29.9 Å². The highest BCUT2D eigenvalue weighted by Gasteiger charge is 2.07. The highest BCUT2D eigenvalue weighted by Crippen LogP contribution is 2.25. The molecule has 0 amide bonds. The number of benzene rings is 2. The molecule has 0 aliphatic heterocycles. The molecule has 0 fully saturated rings. The van der Waals surface area contributed by atoms with Gasteiger partial charge in [0, 0.05) is 46.1 Å². The number of nitrogens with one attached hydrogen (secondary N) is 1. The van der Waals surface area contributed by atoms with Crippen molar-refractivity contribution in [2.45, 2.75) is 6.92 Å². The summed E-state index contributed by atoms with van der Waals surface area (Å²) < 4.78 is 2.27. The van der Waals surface area contributed by atoms with Gasteiger partial charge in [-0.1, -0.05) is 24.8 Å². The minimum atomic E-state index is 0.837. The summed E-state index contributed by atoms with van der Waals surface area (Å²) in [6, 6.07) is 23.0. The van der Waals surface area contributed by atoms with Crippen LogP contribution in [-0.4, -0.2) is 9.55 Å². The minimum Gasteiger partial charge on any atom is -0.355 e. The molecule has 3 nitrogen and oxygen atoms in total. The molecular weight excluding hydrogens is 306 g/mol. The van der Waals surface area contributed by atoms with Gasteiger partial charge in [-0.05, 0) is 55.5 Å². The monoisotopic (exact) mass is 325 g/mol. The van der Waals surface area contributed by atoms with Crippen LogP contribution in [0.4, 0.5) is 5.69 Å². The van der Waals surface area contributed by atoms with E-state index < -0.39 is 0 Å². The molecule has 3 heteroatoms. The Morgan fingerprint density at radius 2 is 1.80 bits per heavy atom. The summed E-state index contributed by atoms with van der Waals surface area (Å²) in [4.78, 5) is 4.13. The van der Waals surface area contributed by atoms with E-state index in [1.165, 1.54) is 16.6 Å². The first kappa shape index (κ1) is 15.2. The molecule has 4 aromatic rings. The number of nitrogens with zero attached hydrogens (tertiary/aromatic N) is 2. The lowest BCUT2D eigenvalue weighted by atomic mass is 10.2. The third kappa shape index (κ3) is 2.92. The van der Waals surface area contributed by atoms with E-state index in [1.54, 1.807) is 12.4 Å². The molecule has 0 saturated heterocycles. The van der Waals surface area contributed by atoms with Crippen LogP contribution in [-0.2, 0) is 0 Å². The largest absolute Gasteiger partial charge is 0.355 e. The zero-order chi connectivity index (χ0) is 17.2. The van der Waals surface area contributed by atoms with Crippen molar-refractivity contribution in [3.05, 3.63) is 97.0 Å². The highest BCUT2D eigenvalue weighted by molar-refractivity contribution is 5.83. The van der Waals surface area contributed by atoms with Crippen molar-refractivity contribution in [1.82, 2.24) is 9.55 Å². The van der Waals surface area contributed by atoms with Gasteiger partial charge >= 0.3 is 0 Å². The van der Waals surface area contributed by atoms with E-state index in [-0.39, 0.29) is 0 Å². The second-order valence-electron chi connectivity index (χ2n) is 6.07. The number of aryl methyl sites for hydroxylation is 1. The summed E-state index contributed by atoms with van der Waals surface area (Å²) in [6.07, 6.45) is 3.56. The second kappa shape index (κ2) is 6.29. The summed E-state index contributed by atoms with van der Waals surface area (Å²) >= 11 is 0. The van der Waals surface area contributed by atoms with Gasteiger partial charge < -0.3 is 9.88 Å². The molecule has 4 rings (SSSR count). The fraction of sp³-hybridized carbons (Fsp3) is 0.0455. The Kier molecular flexibility index (Phi) is 3.82. The third-order valence-corrected chi connectivity index (χ3v) is 4.33. The smallest absolute Gasteiger partial charge is 0.0531 e. The molecule has 122 valence electrons. The molecule has 2 aromatic heterocycles. The van der Waals surface area contributed by atoms with Crippen LogP contribution in [0.1, 0.15) is 11.3 Å². The molecule has 2 aromatic carbocycles. The number of hydrogen-bond donors (Lipinski definition) is 1. The summed E-state index contributed by atoms with van der Waals surface area (Å²) in [5.41, 5.74) is 6.42. The van der Waals surface area contributed by atoms with E-state index >= 15 is 0 Å². The maximum atomic E-state index is 4.13. The van der Waals surface area contributed by atoms with E-state index in [2.05, 4.69) is 83.0 Å². The minimum absolute atomic E-state index is 0.837. The average molecular weight is 325 g/mol. The summed E-state index contributed by atoms with van der Waals surface area (Å²) in [7, 11) is 0. The molecule has 0 aliphatic rings. The van der Waals surface area contributed by atoms with E-state index in [0.29, 0.717) is 0 Å². The SMILES string of the molecule is C=C(Nc1ccc(-n2c(C)cc3ccccc32)cc1)c1cccnc1. The van der Waals surface area contributed by atoms with Crippen molar-refractivity contribution in [2.75, 3.05) is 5.32 Å². The van der Waals surface area contributed by atoms with Gasteiger partial charge in [-0.15, -0.1) is 0 Å². The Balaban J connectivity index is 1.62. The standard InChI is InChI=1S/C22H19N3/c1-16-14-18-6-3-4-8-22(18)25(16)21-11-9-20(10-12-21)24-17(2)19-7-5-13-23-15-19/h3-15,24H,2H2,1H3. The Labute approximate surface area is 147 Å². The van der Waals surface area contributed by atoms with Gasteiger partial charge in [0.2, 0.25) is 0 Å². The van der Waals surface area contributed by atoms with Gasteiger partial charge in [0.25, 0.3) is 0 Å². The summed E-state index contributed by atoms with van der Waals surface area (Å²) in [5, 5.41) is 4.60. The van der Waals surface area contributed by atoms with Crippen LogP contribution >= 0.6 is 0 Å². The van der Waals surface area contributed by atoms with Crippen molar-refractivity contribution in [3.63, 3.8) is 0 Å². The molecule has 1 N–H and O–H groups in total. The maximum absolute atomic E-state index is 4.13. The first-order chi connectivity index (χ1) is 12.2. The van der Waals surface area contributed by atoms with Gasteiger partial charge in [-0.3, -0.25) is 4.98 Å². The predicted molar refractivity (Wildman–Crippen MR) is 105 cm³/mol. The fourth-order valence-corrected chi connectivity index (χ4v) is 3.12. The number of hydrogen-bond acceptors (Lipinski definition) is 2. The second-order valence-corrected chi connectivity index (χ2v) is 6.07. The van der Waals surface area contributed by atoms with Gasteiger partial charge in [0.05, 0.1) is 5.52 Å². The quantitative estimate of drug-likeness (QED) is 0.543.